The highest BCUT2D eigenvalue weighted by atomic mass is 32.1. The summed E-state index contributed by atoms with van der Waals surface area (Å²) >= 11 is 1.12. The molecule has 0 aliphatic rings. The largest absolute Gasteiger partial charge is 0.370 e. The molecule has 3 aromatic rings. The lowest BCUT2D eigenvalue weighted by atomic mass is 10.0. The fourth-order valence-corrected chi connectivity index (χ4v) is 6.26. The molecule has 302 valence electrons. The lowest BCUT2D eigenvalue weighted by Gasteiger charge is -2.25. The topological polar surface area (TPSA) is 313 Å². The number of amides is 5. The van der Waals surface area contributed by atoms with Crippen molar-refractivity contribution in [3.63, 3.8) is 0 Å². The van der Waals surface area contributed by atoms with Crippen molar-refractivity contribution in [3.8, 4) is 0 Å². The van der Waals surface area contributed by atoms with Crippen molar-refractivity contribution in [2.75, 3.05) is 26.7 Å². The first-order chi connectivity index (χ1) is 26.7. The molecule has 0 unspecified atom stereocenters. The van der Waals surface area contributed by atoms with Gasteiger partial charge in [-0.05, 0) is 62.4 Å². The van der Waals surface area contributed by atoms with E-state index < -0.39 is 53.6 Å². The standard InChI is InChI=1S/C36H50FN13O5S/c1-43-19-29(51)46-27(18-22-11-13-23(37)14-12-22)34-50-28(20-56-34)33(55)48-24(9-5-15-44-35(39)40)31(53)47-25(10-6-16-45-36(41)42)32(54)49-26(30(38)52)17-21-7-3-2-4-8-21/h2-4,7-8,11-14,20,24-27,43H,5-6,9-10,15-19H2,1H3,(H2,38,52)(H,46,51)(H,47,53)(H,48,55)(H,49,54)(H4,39,40,44)(H4,41,42,45)/t24-,25-,26-,27-/m0/s1. The Morgan fingerprint density at radius 2 is 1.29 bits per heavy atom. The number of benzene rings is 2. The molecule has 0 radical (unpaired) electrons. The minimum absolute atomic E-state index is 0.0266. The Hall–Kier alpha value is -6.15. The maximum absolute atomic E-state index is 13.9. The van der Waals surface area contributed by atoms with Crippen molar-refractivity contribution in [1.29, 1.82) is 0 Å². The second kappa shape index (κ2) is 22.9. The number of hydrogen-bond acceptors (Lipinski definition) is 10. The number of thiazole rings is 1. The van der Waals surface area contributed by atoms with Crippen LogP contribution >= 0.6 is 11.3 Å². The summed E-state index contributed by atoms with van der Waals surface area (Å²) in [4.78, 5) is 78.4. The molecule has 0 saturated heterocycles. The lowest BCUT2D eigenvalue weighted by molar-refractivity contribution is -0.132. The van der Waals surface area contributed by atoms with E-state index in [2.05, 4.69) is 41.6 Å². The third-order valence-corrected chi connectivity index (χ3v) is 9.12. The number of nitrogens with one attached hydrogen (secondary N) is 5. The van der Waals surface area contributed by atoms with E-state index in [1.807, 2.05) is 6.07 Å². The number of primary amides is 1. The highest BCUT2D eigenvalue weighted by molar-refractivity contribution is 7.09. The molecule has 0 aliphatic carbocycles. The number of halogens is 1. The van der Waals surface area contributed by atoms with Gasteiger partial charge >= 0.3 is 0 Å². The van der Waals surface area contributed by atoms with Gasteiger partial charge in [0, 0.05) is 24.9 Å². The molecular weight excluding hydrogens is 746 g/mol. The summed E-state index contributed by atoms with van der Waals surface area (Å²) in [6, 6.07) is 10.6. The van der Waals surface area contributed by atoms with Crippen molar-refractivity contribution in [3.05, 3.63) is 87.6 Å². The molecule has 0 fully saturated rings. The van der Waals surface area contributed by atoms with Gasteiger partial charge in [-0.1, -0.05) is 42.5 Å². The Balaban J connectivity index is 1.84. The summed E-state index contributed by atoms with van der Waals surface area (Å²) in [5, 5.41) is 15.6. The number of carbonyl (C=O) groups is 5. The normalized spacial score (nSPS) is 12.9. The van der Waals surface area contributed by atoms with E-state index in [1.54, 1.807) is 43.4 Å². The first-order valence-electron chi connectivity index (χ1n) is 17.7. The summed E-state index contributed by atoms with van der Waals surface area (Å²) in [6.07, 6.45) is 1.01. The van der Waals surface area contributed by atoms with E-state index in [0.717, 1.165) is 22.5 Å². The lowest BCUT2D eigenvalue weighted by Crippen LogP contribution is -2.56. The van der Waals surface area contributed by atoms with Crippen LogP contribution in [0.2, 0.25) is 0 Å². The van der Waals surface area contributed by atoms with Gasteiger partial charge in [0.2, 0.25) is 23.6 Å². The Morgan fingerprint density at radius 1 is 0.732 bits per heavy atom. The van der Waals surface area contributed by atoms with Crippen LogP contribution in [0.4, 0.5) is 4.39 Å². The maximum Gasteiger partial charge on any atom is 0.271 e. The van der Waals surface area contributed by atoms with Crippen LogP contribution in [0.25, 0.3) is 0 Å². The van der Waals surface area contributed by atoms with Gasteiger partial charge in [0.15, 0.2) is 11.9 Å². The molecule has 0 saturated carbocycles. The quantitative estimate of drug-likeness (QED) is 0.0309. The van der Waals surface area contributed by atoms with E-state index in [4.69, 9.17) is 28.7 Å². The molecule has 18 nitrogen and oxygen atoms in total. The number of rotatable bonds is 23. The first-order valence-corrected chi connectivity index (χ1v) is 18.6. The number of carbonyl (C=O) groups excluding carboxylic acids is 5. The van der Waals surface area contributed by atoms with Gasteiger partial charge < -0.3 is 55.3 Å². The third-order valence-electron chi connectivity index (χ3n) is 8.17. The molecule has 4 atom stereocenters. The van der Waals surface area contributed by atoms with Crippen LogP contribution in [0.1, 0.15) is 58.3 Å². The minimum Gasteiger partial charge on any atom is -0.370 e. The van der Waals surface area contributed by atoms with Crippen molar-refractivity contribution in [1.82, 2.24) is 31.6 Å². The highest BCUT2D eigenvalue weighted by Crippen LogP contribution is 2.23. The Labute approximate surface area is 327 Å². The summed E-state index contributed by atoms with van der Waals surface area (Å²) in [5.74, 6) is -3.93. The van der Waals surface area contributed by atoms with Gasteiger partial charge in [0.1, 0.15) is 34.6 Å². The predicted octanol–water partition coefficient (Wildman–Crippen LogP) is -1.20. The number of nitrogens with two attached hydrogens (primary N) is 5. The Kier molecular flexibility index (Phi) is 18.1. The number of aromatic nitrogens is 1. The third kappa shape index (κ3) is 15.7. The summed E-state index contributed by atoms with van der Waals surface area (Å²) in [7, 11) is 1.62. The molecule has 2 aromatic carbocycles. The molecule has 3 rings (SSSR count). The number of likely N-dealkylation sites (N-methyl/N-ethyl adjacent to an activating group) is 1. The van der Waals surface area contributed by atoms with Gasteiger partial charge in [-0.2, -0.15) is 0 Å². The molecule has 1 heterocycles. The van der Waals surface area contributed by atoms with Crippen LogP contribution in [-0.2, 0) is 32.0 Å². The fourth-order valence-electron chi connectivity index (χ4n) is 5.41. The van der Waals surface area contributed by atoms with Crippen LogP contribution in [-0.4, -0.2) is 91.2 Å². The summed E-state index contributed by atoms with van der Waals surface area (Å²) in [5.41, 5.74) is 28.9. The van der Waals surface area contributed by atoms with Crippen LogP contribution in [0, 0.1) is 5.82 Å². The molecule has 5 amide bonds. The number of nitrogens with zero attached hydrogens (tertiary/aromatic N) is 3. The smallest absolute Gasteiger partial charge is 0.271 e. The van der Waals surface area contributed by atoms with Gasteiger partial charge in [-0.25, -0.2) is 9.37 Å². The molecule has 20 heteroatoms. The van der Waals surface area contributed by atoms with E-state index in [9.17, 15) is 28.4 Å². The zero-order chi connectivity index (χ0) is 41.0. The molecule has 0 bridgehead atoms. The fraction of sp³-hybridized carbons (Fsp3) is 0.389. The van der Waals surface area contributed by atoms with E-state index in [-0.39, 0.29) is 81.7 Å². The number of hydrogen-bond donors (Lipinski definition) is 10. The number of aliphatic imine (C=N–C) groups is 2. The van der Waals surface area contributed by atoms with Crippen molar-refractivity contribution < 1.29 is 28.4 Å². The number of guanidine groups is 2. The van der Waals surface area contributed by atoms with Gasteiger partial charge in [0.05, 0.1) is 12.6 Å². The maximum atomic E-state index is 13.9. The summed E-state index contributed by atoms with van der Waals surface area (Å²) < 4.78 is 13.6. The van der Waals surface area contributed by atoms with E-state index in [1.165, 1.54) is 17.5 Å². The van der Waals surface area contributed by atoms with Crippen LogP contribution in [0.15, 0.2) is 70.0 Å². The van der Waals surface area contributed by atoms with E-state index in [0.29, 0.717) is 5.01 Å². The molecule has 56 heavy (non-hydrogen) atoms. The zero-order valence-corrected chi connectivity index (χ0v) is 31.8. The van der Waals surface area contributed by atoms with Gasteiger partial charge in [0.25, 0.3) is 5.91 Å². The van der Waals surface area contributed by atoms with Gasteiger partial charge in [-0.3, -0.25) is 34.0 Å². The highest BCUT2D eigenvalue weighted by Gasteiger charge is 2.30. The zero-order valence-electron chi connectivity index (χ0n) is 31.0. The Morgan fingerprint density at radius 3 is 1.84 bits per heavy atom. The first kappa shape index (κ1) is 44.2. The van der Waals surface area contributed by atoms with Crippen molar-refractivity contribution >= 4 is 52.8 Å². The van der Waals surface area contributed by atoms with Crippen LogP contribution in [0.3, 0.4) is 0 Å². The van der Waals surface area contributed by atoms with Crippen LogP contribution in [0.5, 0.6) is 0 Å². The van der Waals surface area contributed by atoms with Gasteiger partial charge in [-0.15, -0.1) is 11.3 Å². The van der Waals surface area contributed by atoms with Crippen molar-refractivity contribution in [2.24, 2.45) is 38.7 Å². The average Bonchev–Trinajstić information content (AvgIpc) is 3.65. The second-order valence-electron chi connectivity index (χ2n) is 12.7. The van der Waals surface area contributed by atoms with E-state index >= 15 is 0 Å². The molecular formula is C36H50FN13O5S. The van der Waals surface area contributed by atoms with Crippen molar-refractivity contribution in [2.45, 2.75) is 62.7 Å². The predicted molar refractivity (Wildman–Crippen MR) is 211 cm³/mol. The monoisotopic (exact) mass is 795 g/mol. The van der Waals surface area contributed by atoms with Crippen LogP contribution < -0.4 is 55.3 Å². The second-order valence-corrected chi connectivity index (χ2v) is 13.6. The molecule has 0 spiro atoms. The molecule has 1 aromatic heterocycles. The average molecular weight is 796 g/mol. The Bertz CT molecular complexity index is 1820. The molecule has 15 N–H and O–H groups in total. The summed E-state index contributed by atoms with van der Waals surface area (Å²) in [6.45, 7) is 0.314. The SMILES string of the molecule is CNCC(=O)N[C@@H](Cc1ccc(F)cc1)c1nc(C(=O)N[C@@H](CCCN=C(N)N)C(=O)N[C@@H](CCCN=C(N)N)C(=O)N[C@@H](Cc2ccccc2)C(N)=O)cs1. The molecule has 0 aliphatic heterocycles. The minimum atomic E-state index is -1.20.